The normalized spacial score (nSPS) is 17.9. The van der Waals surface area contributed by atoms with Gasteiger partial charge in [0.25, 0.3) is 0 Å². The first-order valence-electron chi connectivity index (χ1n) is 4.86. The summed E-state index contributed by atoms with van der Waals surface area (Å²) in [5.74, 6) is -0.958. The number of aromatic nitrogens is 3. The smallest absolute Gasteiger partial charge is 0.305 e. The summed E-state index contributed by atoms with van der Waals surface area (Å²) in [6.07, 6.45) is 2.79. The van der Waals surface area contributed by atoms with Crippen molar-refractivity contribution in [3.63, 3.8) is 0 Å². The molecule has 1 aromatic heterocycles. The molecule has 0 spiro atoms. The van der Waals surface area contributed by atoms with Crippen LogP contribution in [0.3, 0.4) is 0 Å². The van der Waals surface area contributed by atoms with Gasteiger partial charge < -0.3 is 10.0 Å². The molecule has 1 aliphatic heterocycles. The second-order valence-corrected chi connectivity index (χ2v) is 4.01. The van der Waals surface area contributed by atoms with Crippen LogP contribution in [0.5, 0.6) is 0 Å². The van der Waals surface area contributed by atoms with Crippen LogP contribution in [0, 0.1) is 0 Å². The number of likely N-dealkylation sites (tertiary alicyclic amines) is 1. The number of rotatable bonds is 3. The van der Waals surface area contributed by atoms with Crippen molar-refractivity contribution in [2.45, 2.75) is 18.9 Å². The molecule has 16 heavy (non-hydrogen) atoms. The first kappa shape index (κ1) is 10.6. The summed E-state index contributed by atoms with van der Waals surface area (Å²) in [6.45, 7) is 2.21. The Morgan fingerprint density at radius 2 is 2.19 bits per heavy atom. The Hall–Kier alpha value is -1.92. The molecular weight excluding hydrogens is 212 g/mol. The van der Waals surface area contributed by atoms with E-state index in [0.29, 0.717) is 13.1 Å². The van der Waals surface area contributed by atoms with Crippen molar-refractivity contribution >= 4 is 11.9 Å². The average molecular weight is 224 g/mol. The number of hydrogen-bond donors (Lipinski definition) is 1. The lowest BCUT2D eigenvalue weighted by Crippen LogP contribution is -2.64. The van der Waals surface area contributed by atoms with Crippen LogP contribution in [0.4, 0.5) is 0 Å². The maximum Gasteiger partial charge on any atom is 0.305 e. The van der Waals surface area contributed by atoms with Gasteiger partial charge in [-0.25, -0.2) is 9.67 Å². The summed E-state index contributed by atoms with van der Waals surface area (Å²) in [5, 5.41) is 12.8. The largest absolute Gasteiger partial charge is 0.481 e. The van der Waals surface area contributed by atoms with E-state index >= 15 is 0 Å². The minimum atomic E-state index is -0.904. The van der Waals surface area contributed by atoms with Gasteiger partial charge >= 0.3 is 5.97 Å². The monoisotopic (exact) mass is 224 g/mol. The highest BCUT2D eigenvalue weighted by atomic mass is 16.4. The van der Waals surface area contributed by atoms with Crippen LogP contribution in [0.15, 0.2) is 12.7 Å². The lowest BCUT2D eigenvalue weighted by Gasteiger charge is -2.48. The van der Waals surface area contributed by atoms with Gasteiger partial charge in [-0.2, -0.15) is 5.10 Å². The molecule has 0 aromatic carbocycles. The van der Waals surface area contributed by atoms with E-state index in [0.717, 1.165) is 0 Å². The molecule has 7 nitrogen and oxygen atoms in total. The number of carbonyl (C=O) groups is 2. The summed E-state index contributed by atoms with van der Waals surface area (Å²) in [6, 6.07) is 0. The van der Waals surface area contributed by atoms with E-state index in [2.05, 4.69) is 10.1 Å². The van der Waals surface area contributed by atoms with Gasteiger partial charge in [0.15, 0.2) is 0 Å². The molecule has 0 atom stereocenters. The van der Waals surface area contributed by atoms with Gasteiger partial charge in [0, 0.05) is 20.0 Å². The Kier molecular flexibility index (Phi) is 2.37. The summed E-state index contributed by atoms with van der Waals surface area (Å²) in [7, 11) is 0. The molecule has 1 amide bonds. The zero-order chi connectivity index (χ0) is 11.8. The lowest BCUT2D eigenvalue weighted by atomic mass is 9.86. The molecule has 0 bridgehead atoms. The summed E-state index contributed by atoms with van der Waals surface area (Å²) >= 11 is 0. The molecule has 0 aliphatic carbocycles. The van der Waals surface area contributed by atoms with E-state index in [1.807, 2.05) is 0 Å². The molecule has 86 valence electrons. The van der Waals surface area contributed by atoms with Crippen molar-refractivity contribution in [1.82, 2.24) is 19.7 Å². The van der Waals surface area contributed by atoms with Crippen LogP contribution in [0.2, 0.25) is 0 Å². The number of aliphatic carboxylic acids is 1. The van der Waals surface area contributed by atoms with Crippen molar-refractivity contribution in [1.29, 1.82) is 0 Å². The third kappa shape index (κ3) is 1.64. The fourth-order valence-electron chi connectivity index (χ4n) is 1.96. The van der Waals surface area contributed by atoms with Crippen LogP contribution in [-0.4, -0.2) is 49.7 Å². The minimum Gasteiger partial charge on any atom is -0.481 e. The van der Waals surface area contributed by atoms with Crippen LogP contribution >= 0.6 is 0 Å². The highest BCUT2D eigenvalue weighted by molar-refractivity contribution is 5.75. The maximum absolute atomic E-state index is 11.1. The zero-order valence-corrected chi connectivity index (χ0v) is 8.83. The molecule has 2 rings (SSSR count). The summed E-state index contributed by atoms with van der Waals surface area (Å²) in [5.41, 5.74) is -0.631. The van der Waals surface area contributed by atoms with E-state index in [1.165, 1.54) is 24.3 Å². The Bertz CT molecular complexity index is 408. The van der Waals surface area contributed by atoms with Gasteiger partial charge in [0.2, 0.25) is 5.91 Å². The number of amides is 1. The SMILES string of the molecule is CC(=O)N1CC(CC(=O)O)(n2cncn2)C1. The van der Waals surface area contributed by atoms with Gasteiger partial charge in [0.05, 0.1) is 6.42 Å². The fraction of sp³-hybridized carbons (Fsp3) is 0.556. The predicted molar refractivity (Wildman–Crippen MR) is 52.5 cm³/mol. The van der Waals surface area contributed by atoms with Crippen molar-refractivity contribution < 1.29 is 14.7 Å². The van der Waals surface area contributed by atoms with Crippen molar-refractivity contribution in [3.8, 4) is 0 Å². The van der Waals surface area contributed by atoms with Gasteiger partial charge in [-0.3, -0.25) is 9.59 Å². The van der Waals surface area contributed by atoms with Crippen LogP contribution in [-0.2, 0) is 15.1 Å². The highest BCUT2D eigenvalue weighted by Crippen LogP contribution is 2.31. The second kappa shape index (κ2) is 3.58. The highest BCUT2D eigenvalue weighted by Gasteiger charge is 2.48. The Balaban J connectivity index is 2.18. The Morgan fingerprint density at radius 1 is 1.50 bits per heavy atom. The number of carboxylic acid groups (broad SMARTS) is 1. The van der Waals surface area contributed by atoms with E-state index < -0.39 is 11.5 Å². The molecule has 0 unspecified atom stereocenters. The average Bonchev–Trinajstić information content (AvgIpc) is 2.62. The fourth-order valence-corrected chi connectivity index (χ4v) is 1.96. The minimum absolute atomic E-state index is 0.0545. The van der Waals surface area contributed by atoms with E-state index in [1.54, 1.807) is 4.90 Å². The first-order chi connectivity index (χ1) is 7.53. The van der Waals surface area contributed by atoms with Crippen molar-refractivity contribution in [2.24, 2.45) is 0 Å². The zero-order valence-electron chi connectivity index (χ0n) is 8.83. The van der Waals surface area contributed by atoms with Crippen molar-refractivity contribution in [3.05, 3.63) is 12.7 Å². The number of nitrogens with zero attached hydrogens (tertiary/aromatic N) is 4. The molecule has 1 fully saturated rings. The number of carboxylic acids is 1. The summed E-state index contributed by atoms with van der Waals surface area (Å²) in [4.78, 5) is 27.3. The lowest BCUT2D eigenvalue weighted by molar-refractivity contribution is -0.150. The third-order valence-electron chi connectivity index (χ3n) is 2.80. The van der Waals surface area contributed by atoms with Crippen molar-refractivity contribution in [2.75, 3.05) is 13.1 Å². The molecular formula is C9H12N4O3. The Labute approximate surface area is 91.7 Å². The molecule has 7 heteroatoms. The number of carbonyl (C=O) groups excluding carboxylic acids is 1. The van der Waals surface area contributed by atoms with E-state index in [4.69, 9.17) is 5.11 Å². The molecule has 0 radical (unpaired) electrons. The van der Waals surface area contributed by atoms with Gasteiger partial charge in [0.1, 0.15) is 18.2 Å². The standard InChI is InChI=1S/C9H12N4O3/c1-7(14)12-3-9(4-12,2-8(15)16)13-6-10-5-11-13/h5-6H,2-4H2,1H3,(H,15,16). The molecule has 1 saturated heterocycles. The van der Waals surface area contributed by atoms with Gasteiger partial charge in [-0.05, 0) is 0 Å². The molecule has 1 aromatic rings. The maximum atomic E-state index is 11.1. The van der Waals surface area contributed by atoms with Crippen LogP contribution in [0.1, 0.15) is 13.3 Å². The van der Waals surface area contributed by atoms with E-state index in [-0.39, 0.29) is 12.3 Å². The summed E-state index contributed by atoms with van der Waals surface area (Å²) < 4.78 is 1.53. The third-order valence-corrected chi connectivity index (χ3v) is 2.80. The first-order valence-corrected chi connectivity index (χ1v) is 4.86. The molecule has 0 saturated carbocycles. The second-order valence-electron chi connectivity index (χ2n) is 4.01. The van der Waals surface area contributed by atoms with Gasteiger partial charge in [-0.1, -0.05) is 0 Å². The number of hydrogen-bond acceptors (Lipinski definition) is 4. The Morgan fingerprint density at radius 3 is 2.62 bits per heavy atom. The van der Waals surface area contributed by atoms with Gasteiger partial charge in [-0.15, -0.1) is 0 Å². The van der Waals surface area contributed by atoms with Crippen LogP contribution < -0.4 is 0 Å². The van der Waals surface area contributed by atoms with Crippen LogP contribution in [0.25, 0.3) is 0 Å². The molecule has 1 aliphatic rings. The molecule has 2 heterocycles. The van der Waals surface area contributed by atoms with E-state index in [9.17, 15) is 9.59 Å². The topological polar surface area (TPSA) is 88.3 Å². The predicted octanol–water partition coefficient (Wildman–Crippen LogP) is -0.690. The quantitative estimate of drug-likeness (QED) is 0.734. The molecule has 1 N–H and O–H groups in total.